The minimum absolute atomic E-state index is 0.231. The molecule has 1 unspecified atom stereocenters. The van der Waals surface area contributed by atoms with Crippen molar-refractivity contribution in [3.05, 3.63) is 58.3 Å². The molecule has 1 N–H and O–H groups in total. The van der Waals surface area contributed by atoms with E-state index in [0.717, 1.165) is 62.6 Å². The van der Waals surface area contributed by atoms with Gasteiger partial charge in [0.25, 0.3) is 0 Å². The third-order valence-electron chi connectivity index (χ3n) is 8.30. The third kappa shape index (κ3) is 7.09. The lowest BCUT2D eigenvalue weighted by Gasteiger charge is -2.37. The first-order valence-electron chi connectivity index (χ1n) is 14.3. The molecule has 0 spiro atoms. The number of benzene rings is 1. The topological polar surface area (TPSA) is 94.9 Å². The summed E-state index contributed by atoms with van der Waals surface area (Å²) in [6.07, 6.45) is 7.90. The molecule has 3 saturated heterocycles. The number of aromatic nitrogens is 3. The zero-order chi connectivity index (χ0) is 28.3. The highest BCUT2D eigenvalue weighted by Gasteiger charge is 2.31. The van der Waals surface area contributed by atoms with Crippen LogP contribution in [0.2, 0.25) is 10.0 Å². The average Bonchev–Trinajstić information content (AvgIpc) is 3.42. The van der Waals surface area contributed by atoms with Gasteiger partial charge in [0.05, 0.1) is 18.1 Å². The summed E-state index contributed by atoms with van der Waals surface area (Å²) in [5.41, 5.74) is 2.53. The van der Waals surface area contributed by atoms with Gasteiger partial charge in [0.15, 0.2) is 5.75 Å². The van der Waals surface area contributed by atoms with Gasteiger partial charge in [0.2, 0.25) is 11.8 Å². The van der Waals surface area contributed by atoms with Gasteiger partial charge in [-0.25, -0.2) is 15.0 Å². The number of pyridine rings is 1. The van der Waals surface area contributed by atoms with E-state index < -0.39 is 5.97 Å². The summed E-state index contributed by atoms with van der Waals surface area (Å²) in [6.45, 7) is 6.53. The molecule has 3 aromatic rings. The van der Waals surface area contributed by atoms with Crippen LogP contribution in [0.25, 0.3) is 11.3 Å². The van der Waals surface area contributed by atoms with Crippen LogP contribution in [0.3, 0.4) is 0 Å². The maximum atomic E-state index is 11.1. The maximum absolute atomic E-state index is 11.1. The molecule has 41 heavy (non-hydrogen) atoms. The highest BCUT2D eigenvalue weighted by Crippen LogP contribution is 2.31. The van der Waals surface area contributed by atoms with Gasteiger partial charge in [-0.1, -0.05) is 23.2 Å². The van der Waals surface area contributed by atoms with Crippen molar-refractivity contribution in [2.24, 2.45) is 5.92 Å². The predicted octanol–water partition coefficient (Wildman–Crippen LogP) is 5.61. The van der Waals surface area contributed by atoms with Gasteiger partial charge in [-0.3, -0.25) is 14.6 Å². The minimum Gasteiger partial charge on any atom is -0.481 e. The first-order chi connectivity index (χ1) is 19.9. The van der Waals surface area contributed by atoms with Gasteiger partial charge in [-0.2, -0.15) is 0 Å². The Labute approximate surface area is 250 Å². The van der Waals surface area contributed by atoms with E-state index in [1.54, 1.807) is 18.5 Å². The fourth-order valence-corrected chi connectivity index (χ4v) is 6.75. The van der Waals surface area contributed by atoms with Crippen LogP contribution < -0.4 is 9.64 Å². The summed E-state index contributed by atoms with van der Waals surface area (Å²) in [4.78, 5) is 32.3. The molecule has 0 bridgehead atoms. The second-order valence-electron chi connectivity index (χ2n) is 11.3. The van der Waals surface area contributed by atoms with Crippen molar-refractivity contribution in [2.45, 2.75) is 44.7 Å². The number of ether oxygens (including phenoxy) is 1. The summed E-state index contributed by atoms with van der Waals surface area (Å²) in [5, 5.41) is 10.2. The second kappa shape index (κ2) is 12.5. The Morgan fingerprint density at radius 3 is 2.44 bits per heavy atom. The predicted molar refractivity (Wildman–Crippen MR) is 159 cm³/mol. The molecule has 5 heterocycles. The monoisotopic (exact) mass is 596 g/mol. The van der Waals surface area contributed by atoms with E-state index in [4.69, 9.17) is 38.0 Å². The number of piperidine rings is 1. The van der Waals surface area contributed by atoms with Crippen molar-refractivity contribution in [1.82, 2.24) is 24.8 Å². The number of halogens is 2. The molecule has 9 nitrogen and oxygen atoms in total. The summed E-state index contributed by atoms with van der Waals surface area (Å²) < 4.78 is 6.19. The molecule has 11 heteroatoms. The molecule has 3 fully saturated rings. The highest BCUT2D eigenvalue weighted by molar-refractivity contribution is 6.35. The highest BCUT2D eigenvalue weighted by atomic mass is 35.5. The average molecular weight is 598 g/mol. The van der Waals surface area contributed by atoms with Gasteiger partial charge in [-0.05, 0) is 81.1 Å². The summed E-state index contributed by atoms with van der Waals surface area (Å²) >= 11 is 12.6. The van der Waals surface area contributed by atoms with Gasteiger partial charge in [0.1, 0.15) is 0 Å². The van der Waals surface area contributed by atoms with Crippen LogP contribution in [-0.4, -0.2) is 81.1 Å². The number of aliphatic carboxylic acids is 1. The van der Waals surface area contributed by atoms with Gasteiger partial charge in [0, 0.05) is 60.3 Å². The van der Waals surface area contributed by atoms with E-state index in [1.807, 2.05) is 24.3 Å². The van der Waals surface area contributed by atoms with Crippen LogP contribution in [-0.2, 0) is 11.3 Å². The van der Waals surface area contributed by atoms with E-state index in [2.05, 4.69) is 24.7 Å². The number of carboxylic acid groups (broad SMARTS) is 1. The molecule has 3 aliphatic rings. The Hall–Kier alpha value is -2.98. The second-order valence-corrected chi connectivity index (χ2v) is 12.1. The number of nitrogens with zero attached hydrogens (tertiary/aromatic N) is 6. The lowest BCUT2D eigenvalue weighted by Crippen LogP contribution is -2.50. The van der Waals surface area contributed by atoms with E-state index in [9.17, 15) is 4.79 Å². The van der Waals surface area contributed by atoms with Crippen molar-refractivity contribution in [3.63, 3.8) is 0 Å². The van der Waals surface area contributed by atoms with Crippen LogP contribution in [0, 0.1) is 5.92 Å². The summed E-state index contributed by atoms with van der Waals surface area (Å²) in [5.74, 6) is 1.19. The Balaban J connectivity index is 1.19. The summed E-state index contributed by atoms with van der Waals surface area (Å²) in [7, 11) is 0. The standard InChI is InChI=1S/C30H34Cl2N6O3/c31-23-13-22(14-24(32)15-23)27-10-21(18-36-6-3-20(4-7-36)12-29(39)40)11-28(35-27)41-26-16-33-30(34-17-26)38-9-8-37-5-1-2-25(37)19-38/h10-11,13-17,20,25H,1-9,12,18-19H2,(H,39,40). The molecule has 1 atom stereocenters. The SMILES string of the molecule is O=C(O)CC1CCN(Cc2cc(Oc3cnc(N4CCN5CCCC5C4)nc3)nc(-c3cc(Cl)cc(Cl)c3)c2)CC1. The van der Waals surface area contributed by atoms with E-state index in [-0.39, 0.29) is 12.3 Å². The smallest absolute Gasteiger partial charge is 0.303 e. The lowest BCUT2D eigenvalue weighted by atomic mass is 9.93. The number of piperazine rings is 1. The lowest BCUT2D eigenvalue weighted by molar-refractivity contribution is -0.138. The van der Waals surface area contributed by atoms with Crippen LogP contribution in [0.15, 0.2) is 42.7 Å². The number of hydrogen-bond donors (Lipinski definition) is 1. The normalized spacial score (nSPS) is 20.2. The molecular formula is C30H34Cl2N6O3. The molecule has 0 saturated carbocycles. The Morgan fingerprint density at radius 1 is 0.951 bits per heavy atom. The van der Waals surface area contributed by atoms with Crippen molar-refractivity contribution < 1.29 is 14.6 Å². The van der Waals surface area contributed by atoms with Crippen LogP contribution in [0.5, 0.6) is 11.6 Å². The maximum Gasteiger partial charge on any atom is 0.303 e. The molecular weight excluding hydrogens is 563 g/mol. The zero-order valence-corrected chi connectivity index (χ0v) is 24.4. The molecule has 0 radical (unpaired) electrons. The number of rotatable bonds is 8. The van der Waals surface area contributed by atoms with Crippen LogP contribution in [0.1, 0.15) is 37.7 Å². The number of hydrogen-bond acceptors (Lipinski definition) is 8. The van der Waals surface area contributed by atoms with Crippen molar-refractivity contribution in [3.8, 4) is 22.9 Å². The van der Waals surface area contributed by atoms with Gasteiger partial charge < -0.3 is 14.7 Å². The number of likely N-dealkylation sites (tertiary alicyclic amines) is 1. The Morgan fingerprint density at radius 2 is 1.71 bits per heavy atom. The van der Waals surface area contributed by atoms with Crippen LogP contribution in [0.4, 0.5) is 5.95 Å². The number of carboxylic acids is 1. The molecule has 6 rings (SSSR count). The Bertz CT molecular complexity index is 1360. The van der Waals surface area contributed by atoms with Crippen LogP contribution >= 0.6 is 23.2 Å². The van der Waals surface area contributed by atoms with E-state index >= 15 is 0 Å². The number of fused-ring (bicyclic) bond motifs is 1. The molecule has 216 valence electrons. The first-order valence-corrected chi connectivity index (χ1v) is 15.0. The number of carbonyl (C=O) groups is 1. The minimum atomic E-state index is -0.724. The van der Waals surface area contributed by atoms with Crippen molar-refractivity contribution in [1.29, 1.82) is 0 Å². The van der Waals surface area contributed by atoms with E-state index in [0.29, 0.717) is 40.0 Å². The summed E-state index contributed by atoms with van der Waals surface area (Å²) in [6, 6.07) is 9.93. The fourth-order valence-electron chi connectivity index (χ4n) is 6.23. The molecule has 2 aromatic heterocycles. The van der Waals surface area contributed by atoms with Gasteiger partial charge in [-0.15, -0.1) is 0 Å². The molecule has 0 aliphatic carbocycles. The van der Waals surface area contributed by atoms with Crippen molar-refractivity contribution >= 4 is 35.1 Å². The molecule has 1 aromatic carbocycles. The number of anilines is 1. The fraction of sp³-hybridized carbons (Fsp3) is 0.467. The third-order valence-corrected chi connectivity index (χ3v) is 8.74. The zero-order valence-electron chi connectivity index (χ0n) is 22.9. The van der Waals surface area contributed by atoms with E-state index in [1.165, 1.54) is 19.4 Å². The molecule has 3 aliphatic heterocycles. The van der Waals surface area contributed by atoms with Gasteiger partial charge >= 0.3 is 5.97 Å². The first kappa shape index (κ1) is 28.2. The molecule has 0 amide bonds. The van der Waals surface area contributed by atoms with Crippen molar-refractivity contribution in [2.75, 3.05) is 44.2 Å². The quantitative estimate of drug-likeness (QED) is 0.356. The largest absolute Gasteiger partial charge is 0.481 e. The Kier molecular flexibility index (Phi) is 8.57.